The lowest BCUT2D eigenvalue weighted by Crippen LogP contribution is -2.27. The number of hydrogen-bond acceptors (Lipinski definition) is 4. The molecule has 0 aliphatic carbocycles. The Labute approximate surface area is 80.9 Å². The fourth-order valence-corrected chi connectivity index (χ4v) is 1.36. The van der Waals surface area contributed by atoms with E-state index in [4.69, 9.17) is 19.2 Å². The summed E-state index contributed by atoms with van der Waals surface area (Å²) in [6.07, 6.45) is 0. The Balaban J connectivity index is 2.64. The lowest BCUT2D eigenvalue weighted by Gasteiger charge is -1.98. The minimum atomic E-state index is -1.59. The topological polar surface area (TPSA) is 62.8 Å². The van der Waals surface area contributed by atoms with E-state index in [1.54, 1.807) is 31.4 Å². The molecule has 0 aliphatic rings. The second-order valence-corrected chi connectivity index (χ2v) is 2.89. The maximum absolute atomic E-state index is 8.91. The molecule has 0 unspecified atom stereocenters. The van der Waals surface area contributed by atoms with Crippen LogP contribution in [0.4, 0.5) is 0 Å². The smallest absolute Gasteiger partial charge is 0.496 e. The van der Waals surface area contributed by atoms with Crippen LogP contribution in [0.5, 0.6) is 5.75 Å². The van der Waals surface area contributed by atoms with Crippen LogP contribution >= 0.6 is 0 Å². The summed E-state index contributed by atoms with van der Waals surface area (Å²) >= 11 is 0. The molecular formula is C9H9BO4. The van der Waals surface area contributed by atoms with E-state index in [2.05, 4.69) is 0 Å². The molecule has 0 radical (unpaired) electrons. The van der Waals surface area contributed by atoms with E-state index < -0.39 is 7.12 Å². The zero-order chi connectivity index (χ0) is 10.1. The van der Waals surface area contributed by atoms with Crippen molar-refractivity contribution in [3.8, 4) is 5.75 Å². The van der Waals surface area contributed by atoms with E-state index in [1.807, 2.05) is 0 Å². The Morgan fingerprint density at radius 3 is 2.79 bits per heavy atom. The van der Waals surface area contributed by atoms with Gasteiger partial charge < -0.3 is 19.2 Å². The molecule has 5 heteroatoms. The van der Waals surface area contributed by atoms with Gasteiger partial charge >= 0.3 is 7.12 Å². The molecule has 0 spiro atoms. The molecule has 0 bridgehead atoms. The molecule has 1 aromatic carbocycles. The summed E-state index contributed by atoms with van der Waals surface area (Å²) < 4.78 is 10.3. The predicted molar refractivity (Wildman–Crippen MR) is 52.6 cm³/mol. The van der Waals surface area contributed by atoms with Crippen LogP contribution in [0.25, 0.3) is 11.0 Å². The Morgan fingerprint density at radius 1 is 1.36 bits per heavy atom. The van der Waals surface area contributed by atoms with Gasteiger partial charge in [0, 0.05) is 0 Å². The van der Waals surface area contributed by atoms with Crippen molar-refractivity contribution in [1.29, 1.82) is 0 Å². The second kappa shape index (κ2) is 3.36. The van der Waals surface area contributed by atoms with Crippen LogP contribution in [-0.4, -0.2) is 24.3 Å². The molecule has 2 aromatic rings. The lowest BCUT2D eigenvalue weighted by atomic mass is 9.88. The first-order valence-electron chi connectivity index (χ1n) is 4.15. The van der Waals surface area contributed by atoms with E-state index in [0.29, 0.717) is 11.3 Å². The van der Waals surface area contributed by atoms with Crippen molar-refractivity contribution in [3.63, 3.8) is 0 Å². The monoisotopic (exact) mass is 192 g/mol. The van der Waals surface area contributed by atoms with Crippen LogP contribution in [0.15, 0.2) is 28.7 Å². The average Bonchev–Trinajstić information content (AvgIpc) is 2.60. The van der Waals surface area contributed by atoms with Gasteiger partial charge in [-0.25, -0.2) is 0 Å². The fourth-order valence-electron chi connectivity index (χ4n) is 1.36. The summed E-state index contributed by atoms with van der Waals surface area (Å²) in [4.78, 5) is 0. The molecule has 2 N–H and O–H groups in total. The van der Waals surface area contributed by atoms with E-state index in [-0.39, 0.29) is 5.66 Å². The minimum Gasteiger partial charge on any atom is -0.496 e. The van der Waals surface area contributed by atoms with Crippen molar-refractivity contribution in [2.24, 2.45) is 0 Å². The highest BCUT2D eigenvalue weighted by Crippen LogP contribution is 2.24. The highest BCUT2D eigenvalue weighted by molar-refractivity contribution is 6.57. The van der Waals surface area contributed by atoms with Gasteiger partial charge in [-0.2, -0.15) is 0 Å². The van der Waals surface area contributed by atoms with Crippen molar-refractivity contribution in [2.75, 3.05) is 7.11 Å². The number of rotatable bonds is 2. The van der Waals surface area contributed by atoms with Crippen molar-refractivity contribution in [3.05, 3.63) is 24.3 Å². The van der Waals surface area contributed by atoms with Crippen LogP contribution in [0, 0.1) is 0 Å². The number of ether oxygens (including phenoxy) is 1. The summed E-state index contributed by atoms with van der Waals surface area (Å²) in [5.41, 5.74) is 0.692. The quantitative estimate of drug-likeness (QED) is 0.663. The third-order valence-corrected chi connectivity index (χ3v) is 2.01. The molecule has 0 atom stereocenters. The summed E-state index contributed by atoms with van der Waals surface area (Å²) in [6, 6.07) is 6.85. The van der Waals surface area contributed by atoms with Gasteiger partial charge in [0.15, 0.2) is 0 Å². The van der Waals surface area contributed by atoms with Gasteiger partial charge in [-0.3, -0.25) is 0 Å². The normalized spacial score (nSPS) is 10.5. The maximum Gasteiger partial charge on any atom is 0.526 e. The molecular weight excluding hydrogens is 183 g/mol. The van der Waals surface area contributed by atoms with Gasteiger partial charge in [0.1, 0.15) is 17.0 Å². The van der Waals surface area contributed by atoms with Crippen molar-refractivity contribution < 1.29 is 19.2 Å². The van der Waals surface area contributed by atoms with Gasteiger partial charge in [0.05, 0.1) is 12.5 Å². The summed E-state index contributed by atoms with van der Waals surface area (Å²) in [7, 11) is -0.0382. The van der Waals surface area contributed by atoms with Crippen LogP contribution in [0.3, 0.4) is 0 Å². The standard InChI is InChI=1S/C9H9BO4/c1-13-7-3-2-4-8-6(7)5-9(14-8)10(11)12/h2-5,11-12H,1H3. The number of benzene rings is 1. The number of hydrogen-bond donors (Lipinski definition) is 2. The summed E-state index contributed by atoms with van der Waals surface area (Å²) in [5.74, 6) is 0.651. The lowest BCUT2D eigenvalue weighted by molar-refractivity contribution is 0.412. The SMILES string of the molecule is COc1cccc2oc(B(O)O)cc12. The van der Waals surface area contributed by atoms with Crippen LogP contribution in [-0.2, 0) is 0 Å². The minimum absolute atomic E-state index is 0.115. The second-order valence-electron chi connectivity index (χ2n) is 2.89. The third-order valence-electron chi connectivity index (χ3n) is 2.01. The molecule has 0 saturated heterocycles. The first-order valence-corrected chi connectivity index (χ1v) is 4.15. The Hall–Kier alpha value is -1.46. The Kier molecular flexibility index (Phi) is 2.19. The molecule has 2 rings (SSSR count). The van der Waals surface area contributed by atoms with E-state index >= 15 is 0 Å². The average molecular weight is 192 g/mol. The molecule has 1 heterocycles. The van der Waals surface area contributed by atoms with E-state index in [1.165, 1.54) is 0 Å². The Bertz CT molecular complexity index is 449. The maximum atomic E-state index is 8.91. The largest absolute Gasteiger partial charge is 0.526 e. The molecule has 0 amide bonds. The van der Waals surface area contributed by atoms with Gasteiger partial charge in [-0.15, -0.1) is 0 Å². The predicted octanol–water partition coefficient (Wildman–Crippen LogP) is 0.121. The van der Waals surface area contributed by atoms with Gasteiger partial charge in [0.2, 0.25) is 0 Å². The molecule has 1 aromatic heterocycles. The van der Waals surface area contributed by atoms with Gasteiger partial charge in [0.25, 0.3) is 0 Å². The van der Waals surface area contributed by atoms with E-state index in [9.17, 15) is 0 Å². The highest BCUT2D eigenvalue weighted by Gasteiger charge is 2.18. The van der Waals surface area contributed by atoms with Crippen LogP contribution in [0.1, 0.15) is 0 Å². The summed E-state index contributed by atoms with van der Waals surface area (Å²) in [6.45, 7) is 0. The third kappa shape index (κ3) is 1.36. The first kappa shape index (κ1) is 9.11. The molecule has 4 nitrogen and oxygen atoms in total. The first-order chi connectivity index (χ1) is 6.72. The number of methoxy groups -OCH3 is 1. The number of fused-ring (bicyclic) bond motifs is 1. The Morgan fingerprint density at radius 2 is 2.14 bits per heavy atom. The zero-order valence-corrected chi connectivity index (χ0v) is 7.60. The van der Waals surface area contributed by atoms with Crippen molar-refractivity contribution in [2.45, 2.75) is 0 Å². The van der Waals surface area contributed by atoms with E-state index in [0.717, 1.165) is 5.39 Å². The molecule has 0 fully saturated rings. The van der Waals surface area contributed by atoms with Gasteiger partial charge in [-0.1, -0.05) is 6.07 Å². The molecule has 0 saturated carbocycles. The van der Waals surface area contributed by atoms with Gasteiger partial charge in [-0.05, 0) is 18.2 Å². The zero-order valence-electron chi connectivity index (χ0n) is 7.60. The van der Waals surface area contributed by atoms with Crippen molar-refractivity contribution in [1.82, 2.24) is 0 Å². The number of furan rings is 1. The molecule has 0 aliphatic heterocycles. The fraction of sp³-hybridized carbons (Fsp3) is 0.111. The van der Waals surface area contributed by atoms with Crippen LogP contribution in [0.2, 0.25) is 0 Å². The van der Waals surface area contributed by atoms with Crippen molar-refractivity contribution >= 4 is 23.7 Å². The highest BCUT2D eigenvalue weighted by atomic mass is 16.5. The molecule has 72 valence electrons. The summed E-state index contributed by atoms with van der Waals surface area (Å²) in [5, 5.41) is 18.6. The molecule has 14 heavy (non-hydrogen) atoms. The van der Waals surface area contributed by atoms with Crippen LogP contribution < -0.4 is 10.4 Å².